The number of pyridine rings is 1. The molecule has 3 rings (SSSR count). The molecule has 1 atom stereocenters. The lowest BCUT2D eigenvalue weighted by Crippen LogP contribution is -2.37. The fourth-order valence-corrected chi connectivity index (χ4v) is 3.01. The van der Waals surface area contributed by atoms with Crippen LogP contribution in [0.2, 0.25) is 0 Å². The van der Waals surface area contributed by atoms with E-state index in [2.05, 4.69) is 46.3 Å². The van der Waals surface area contributed by atoms with Gasteiger partial charge >= 0.3 is 0 Å². The Morgan fingerprint density at radius 2 is 2.10 bits per heavy atom. The number of anilines is 1. The van der Waals surface area contributed by atoms with E-state index in [-0.39, 0.29) is 6.04 Å². The molecule has 0 radical (unpaired) electrons. The van der Waals surface area contributed by atoms with Crippen LogP contribution in [0.15, 0.2) is 42.6 Å². The van der Waals surface area contributed by atoms with Crippen LogP contribution < -0.4 is 10.6 Å². The predicted octanol–water partition coefficient (Wildman–Crippen LogP) is 2.84. The largest absolute Gasteiger partial charge is 0.363 e. The van der Waals surface area contributed by atoms with Gasteiger partial charge in [0.2, 0.25) is 0 Å². The van der Waals surface area contributed by atoms with Crippen LogP contribution in [0.3, 0.4) is 0 Å². The van der Waals surface area contributed by atoms with E-state index < -0.39 is 0 Å². The van der Waals surface area contributed by atoms with Gasteiger partial charge in [-0.2, -0.15) is 0 Å². The molecular weight excluding hydrogens is 246 g/mol. The Bertz CT molecular complexity index is 577. The van der Waals surface area contributed by atoms with Crippen LogP contribution in [0.25, 0.3) is 0 Å². The number of nitrogens with zero attached hydrogens (tertiary/aromatic N) is 2. The third-order valence-corrected chi connectivity index (χ3v) is 4.06. The van der Waals surface area contributed by atoms with E-state index in [0.29, 0.717) is 6.54 Å². The quantitative estimate of drug-likeness (QED) is 0.930. The maximum absolute atomic E-state index is 6.06. The van der Waals surface area contributed by atoms with Crippen LogP contribution in [-0.4, -0.2) is 18.1 Å². The Balaban J connectivity index is 1.96. The molecule has 1 aromatic carbocycles. The molecule has 2 heterocycles. The molecule has 2 N–H and O–H groups in total. The van der Waals surface area contributed by atoms with Crippen LogP contribution >= 0.6 is 0 Å². The van der Waals surface area contributed by atoms with Gasteiger partial charge in [-0.05, 0) is 43.0 Å². The number of hydrogen-bond acceptors (Lipinski definition) is 3. The smallest absolute Gasteiger partial charge is 0.0679 e. The number of hydrogen-bond donors (Lipinski definition) is 1. The van der Waals surface area contributed by atoms with Crippen molar-refractivity contribution in [1.29, 1.82) is 0 Å². The standard InChI is InChI=1S/C17H21N3/c1-13-8-9-15(12-19-13)17(11-18)20-10-4-6-14-5-2-3-7-16(14)20/h2-3,5,7-9,12,17H,4,6,10-11,18H2,1H3. The highest BCUT2D eigenvalue weighted by molar-refractivity contribution is 5.57. The molecule has 0 saturated heterocycles. The summed E-state index contributed by atoms with van der Waals surface area (Å²) in [5, 5.41) is 0. The number of rotatable bonds is 3. The van der Waals surface area contributed by atoms with Gasteiger partial charge in [0.05, 0.1) is 6.04 Å². The maximum Gasteiger partial charge on any atom is 0.0679 e. The van der Waals surface area contributed by atoms with Gasteiger partial charge in [-0.15, -0.1) is 0 Å². The Morgan fingerprint density at radius 3 is 2.85 bits per heavy atom. The van der Waals surface area contributed by atoms with E-state index in [0.717, 1.165) is 18.7 Å². The molecule has 0 aliphatic carbocycles. The van der Waals surface area contributed by atoms with Gasteiger partial charge in [0, 0.05) is 30.7 Å². The highest BCUT2D eigenvalue weighted by Gasteiger charge is 2.24. The van der Waals surface area contributed by atoms with Crippen LogP contribution in [0, 0.1) is 6.92 Å². The molecule has 2 aromatic rings. The fraction of sp³-hybridized carbons (Fsp3) is 0.353. The second-order valence-electron chi connectivity index (χ2n) is 5.41. The highest BCUT2D eigenvalue weighted by Crippen LogP contribution is 2.33. The summed E-state index contributed by atoms with van der Waals surface area (Å²) in [6, 6.07) is 13.1. The second-order valence-corrected chi connectivity index (χ2v) is 5.41. The number of fused-ring (bicyclic) bond motifs is 1. The molecule has 1 aliphatic heterocycles. The zero-order valence-corrected chi connectivity index (χ0v) is 11.9. The SMILES string of the molecule is Cc1ccc(C(CN)N2CCCc3ccccc32)cn1. The number of para-hydroxylation sites is 1. The van der Waals surface area contributed by atoms with E-state index in [1.807, 2.05) is 13.1 Å². The van der Waals surface area contributed by atoms with Crippen LogP contribution in [0.5, 0.6) is 0 Å². The first-order chi connectivity index (χ1) is 9.79. The minimum absolute atomic E-state index is 0.213. The molecule has 0 saturated carbocycles. The molecule has 0 spiro atoms. The summed E-state index contributed by atoms with van der Waals surface area (Å²) in [5.74, 6) is 0. The molecule has 0 amide bonds. The molecule has 0 fully saturated rings. The first-order valence-corrected chi connectivity index (χ1v) is 7.27. The minimum Gasteiger partial charge on any atom is -0.363 e. The minimum atomic E-state index is 0.213. The lowest BCUT2D eigenvalue weighted by Gasteiger charge is -2.37. The van der Waals surface area contributed by atoms with Gasteiger partial charge in [0.15, 0.2) is 0 Å². The topological polar surface area (TPSA) is 42.1 Å². The Hall–Kier alpha value is -1.87. The third-order valence-electron chi connectivity index (χ3n) is 4.06. The summed E-state index contributed by atoms with van der Waals surface area (Å²) in [7, 11) is 0. The van der Waals surface area contributed by atoms with Crippen molar-refractivity contribution in [3.05, 3.63) is 59.4 Å². The molecule has 0 bridgehead atoms. The monoisotopic (exact) mass is 267 g/mol. The number of aryl methyl sites for hydroxylation is 2. The summed E-state index contributed by atoms with van der Waals surface area (Å²) < 4.78 is 0. The Kier molecular flexibility index (Phi) is 3.70. The Labute approximate surface area is 120 Å². The molecule has 1 aromatic heterocycles. The third kappa shape index (κ3) is 2.41. The summed E-state index contributed by atoms with van der Waals surface area (Å²) in [6.45, 7) is 3.68. The molecule has 3 heteroatoms. The van der Waals surface area contributed by atoms with Crippen molar-refractivity contribution in [3.8, 4) is 0 Å². The predicted molar refractivity (Wildman–Crippen MR) is 82.9 cm³/mol. The number of benzene rings is 1. The zero-order valence-electron chi connectivity index (χ0n) is 11.9. The van der Waals surface area contributed by atoms with E-state index in [1.54, 1.807) is 0 Å². The molecule has 1 unspecified atom stereocenters. The van der Waals surface area contributed by atoms with E-state index in [1.165, 1.54) is 23.2 Å². The van der Waals surface area contributed by atoms with Gasteiger partial charge in [-0.25, -0.2) is 0 Å². The summed E-state index contributed by atoms with van der Waals surface area (Å²) in [6.07, 6.45) is 4.31. The van der Waals surface area contributed by atoms with Crippen molar-refractivity contribution >= 4 is 5.69 Å². The second kappa shape index (κ2) is 5.63. The molecule has 20 heavy (non-hydrogen) atoms. The summed E-state index contributed by atoms with van der Waals surface area (Å²) >= 11 is 0. The zero-order chi connectivity index (χ0) is 13.9. The lowest BCUT2D eigenvalue weighted by atomic mass is 9.97. The fourth-order valence-electron chi connectivity index (χ4n) is 3.01. The number of nitrogens with two attached hydrogens (primary N) is 1. The normalized spacial score (nSPS) is 15.8. The van der Waals surface area contributed by atoms with Crippen molar-refractivity contribution in [1.82, 2.24) is 4.98 Å². The van der Waals surface area contributed by atoms with Gasteiger partial charge in [-0.1, -0.05) is 24.3 Å². The van der Waals surface area contributed by atoms with Crippen molar-refractivity contribution in [2.24, 2.45) is 5.73 Å². The van der Waals surface area contributed by atoms with Gasteiger partial charge in [0.25, 0.3) is 0 Å². The van der Waals surface area contributed by atoms with Crippen LogP contribution in [-0.2, 0) is 6.42 Å². The maximum atomic E-state index is 6.06. The average Bonchev–Trinajstić information content (AvgIpc) is 2.50. The van der Waals surface area contributed by atoms with Crippen molar-refractivity contribution < 1.29 is 0 Å². The van der Waals surface area contributed by atoms with Crippen molar-refractivity contribution in [2.75, 3.05) is 18.0 Å². The van der Waals surface area contributed by atoms with E-state index in [9.17, 15) is 0 Å². The van der Waals surface area contributed by atoms with Gasteiger partial charge in [0.1, 0.15) is 0 Å². The van der Waals surface area contributed by atoms with E-state index >= 15 is 0 Å². The van der Waals surface area contributed by atoms with Gasteiger partial charge < -0.3 is 10.6 Å². The first kappa shape index (κ1) is 13.1. The van der Waals surface area contributed by atoms with Crippen molar-refractivity contribution in [3.63, 3.8) is 0 Å². The lowest BCUT2D eigenvalue weighted by molar-refractivity contribution is 0.586. The molecule has 3 nitrogen and oxygen atoms in total. The first-order valence-electron chi connectivity index (χ1n) is 7.27. The molecule has 104 valence electrons. The Morgan fingerprint density at radius 1 is 1.25 bits per heavy atom. The summed E-state index contributed by atoms with van der Waals surface area (Å²) in [4.78, 5) is 6.85. The number of aromatic nitrogens is 1. The van der Waals surface area contributed by atoms with Crippen LogP contribution in [0.4, 0.5) is 5.69 Å². The van der Waals surface area contributed by atoms with Crippen molar-refractivity contribution in [2.45, 2.75) is 25.8 Å². The summed E-state index contributed by atoms with van der Waals surface area (Å²) in [5.41, 5.74) is 11.1. The van der Waals surface area contributed by atoms with Gasteiger partial charge in [-0.3, -0.25) is 4.98 Å². The van der Waals surface area contributed by atoms with Crippen LogP contribution in [0.1, 0.15) is 29.3 Å². The highest BCUT2D eigenvalue weighted by atomic mass is 15.2. The van der Waals surface area contributed by atoms with E-state index in [4.69, 9.17) is 5.73 Å². The average molecular weight is 267 g/mol. The molecular formula is C17H21N3. The molecule has 1 aliphatic rings.